The number of rotatable bonds is 1. The minimum absolute atomic E-state index is 0.0162. The van der Waals surface area contributed by atoms with Crippen molar-refractivity contribution in [2.75, 3.05) is 0 Å². The first-order chi connectivity index (χ1) is 5.41. The quantitative estimate of drug-likeness (QED) is 0.646. The zero-order chi connectivity index (χ0) is 9.35. The topological polar surface area (TPSA) is 17.8 Å². The van der Waals surface area contributed by atoms with Crippen LogP contribution in [0.1, 0.15) is 25.3 Å². The van der Waals surface area contributed by atoms with Crippen LogP contribution in [0.15, 0.2) is 12.4 Å². The number of halogens is 3. The van der Waals surface area contributed by atoms with Gasteiger partial charge < -0.3 is 0 Å². The van der Waals surface area contributed by atoms with Gasteiger partial charge >= 0.3 is 6.30 Å². The van der Waals surface area contributed by atoms with Gasteiger partial charge in [0.25, 0.3) is 0 Å². The molecule has 0 unspecified atom stereocenters. The maximum absolute atomic E-state index is 12.0. The van der Waals surface area contributed by atoms with Gasteiger partial charge in [-0.05, 0) is 11.5 Å². The van der Waals surface area contributed by atoms with Gasteiger partial charge in [0.1, 0.15) is 0 Å². The monoisotopic (exact) mass is 178 g/mol. The Morgan fingerprint density at radius 2 is 2.00 bits per heavy atom. The molecular weight excluding hydrogens is 169 g/mol. The molecule has 0 saturated carbocycles. The van der Waals surface area contributed by atoms with Crippen LogP contribution in [0, 0.1) is 0 Å². The van der Waals surface area contributed by atoms with Crippen LogP contribution < -0.4 is 0 Å². The first kappa shape index (κ1) is 9.09. The average Bonchev–Trinajstić information content (AvgIpc) is 2.30. The van der Waals surface area contributed by atoms with Gasteiger partial charge in [0.05, 0.1) is 6.20 Å². The van der Waals surface area contributed by atoms with E-state index in [0.717, 1.165) is 6.20 Å². The van der Waals surface area contributed by atoms with E-state index in [2.05, 4.69) is 5.10 Å². The highest BCUT2D eigenvalue weighted by Crippen LogP contribution is 2.23. The summed E-state index contributed by atoms with van der Waals surface area (Å²) in [6.07, 6.45) is -2.16. The predicted molar refractivity (Wildman–Crippen MR) is 37.6 cm³/mol. The van der Waals surface area contributed by atoms with E-state index in [0.29, 0.717) is 5.56 Å². The Hall–Kier alpha value is -1.00. The van der Waals surface area contributed by atoms with Crippen LogP contribution in [0.5, 0.6) is 0 Å². The lowest BCUT2D eigenvalue weighted by Gasteiger charge is -2.04. The van der Waals surface area contributed by atoms with E-state index < -0.39 is 6.30 Å². The van der Waals surface area contributed by atoms with Crippen LogP contribution in [0.2, 0.25) is 0 Å². The van der Waals surface area contributed by atoms with Gasteiger partial charge in [-0.1, -0.05) is 13.8 Å². The zero-order valence-electron chi connectivity index (χ0n) is 6.76. The second-order valence-corrected chi connectivity index (χ2v) is 2.84. The molecule has 0 amide bonds. The third kappa shape index (κ3) is 1.78. The largest absolute Gasteiger partial charge is 0.504 e. The van der Waals surface area contributed by atoms with Gasteiger partial charge in [0, 0.05) is 6.20 Å². The summed E-state index contributed by atoms with van der Waals surface area (Å²) in [6.45, 7) is 3.63. The molecule has 1 aromatic heterocycles. The van der Waals surface area contributed by atoms with Crippen LogP contribution in [-0.4, -0.2) is 9.78 Å². The molecule has 0 aliphatic carbocycles. The van der Waals surface area contributed by atoms with Crippen LogP contribution in [0.3, 0.4) is 0 Å². The standard InChI is InChI=1S/C7H9F3N2/c1-5(2)6-3-11-12(4-6)7(8,9)10/h3-5H,1-2H3. The van der Waals surface area contributed by atoms with E-state index >= 15 is 0 Å². The summed E-state index contributed by atoms with van der Waals surface area (Å²) in [5.41, 5.74) is 0.590. The molecule has 0 atom stereocenters. The lowest BCUT2D eigenvalue weighted by molar-refractivity contribution is -0.212. The highest BCUT2D eigenvalue weighted by molar-refractivity contribution is 5.08. The van der Waals surface area contributed by atoms with Gasteiger partial charge in [-0.2, -0.15) is 9.78 Å². The number of nitrogens with zero attached hydrogens (tertiary/aromatic N) is 2. The summed E-state index contributed by atoms with van der Waals surface area (Å²) in [6, 6.07) is 0. The van der Waals surface area contributed by atoms with Gasteiger partial charge in [0.2, 0.25) is 0 Å². The summed E-state index contributed by atoms with van der Waals surface area (Å²) in [4.78, 5) is 0. The minimum atomic E-state index is -4.40. The summed E-state index contributed by atoms with van der Waals surface area (Å²) in [5, 5.41) is 3.20. The molecule has 0 fully saturated rings. The molecule has 0 aliphatic heterocycles. The highest BCUT2D eigenvalue weighted by Gasteiger charge is 2.31. The van der Waals surface area contributed by atoms with Crippen molar-refractivity contribution in [1.82, 2.24) is 9.78 Å². The van der Waals surface area contributed by atoms with E-state index in [1.807, 2.05) is 13.8 Å². The molecule has 0 saturated heterocycles. The molecule has 0 N–H and O–H groups in total. The molecule has 1 rings (SSSR count). The molecule has 0 bridgehead atoms. The van der Waals surface area contributed by atoms with Crippen LogP contribution >= 0.6 is 0 Å². The molecule has 68 valence electrons. The van der Waals surface area contributed by atoms with Gasteiger partial charge in [-0.15, -0.1) is 13.2 Å². The maximum atomic E-state index is 12.0. The van der Waals surface area contributed by atoms with Crippen molar-refractivity contribution >= 4 is 0 Å². The van der Waals surface area contributed by atoms with Gasteiger partial charge in [-0.25, -0.2) is 0 Å². The van der Waals surface area contributed by atoms with E-state index in [9.17, 15) is 13.2 Å². The van der Waals surface area contributed by atoms with E-state index in [1.54, 1.807) is 0 Å². The Kier molecular flexibility index (Phi) is 2.12. The maximum Gasteiger partial charge on any atom is 0.504 e. The smallest absolute Gasteiger partial charge is 0.179 e. The van der Waals surface area contributed by atoms with E-state index in [-0.39, 0.29) is 10.6 Å². The third-order valence-corrected chi connectivity index (χ3v) is 1.53. The fraction of sp³-hybridized carbons (Fsp3) is 0.571. The fourth-order valence-electron chi connectivity index (χ4n) is 0.774. The molecule has 5 heteroatoms. The number of alkyl halides is 3. The number of hydrogen-bond acceptors (Lipinski definition) is 1. The Balaban J connectivity index is 2.92. The first-order valence-corrected chi connectivity index (χ1v) is 3.53. The fourth-order valence-corrected chi connectivity index (χ4v) is 0.774. The second kappa shape index (κ2) is 2.80. The summed E-state index contributed by atoms with van der Waals surface area (Å²) < 4.78 is 35.9. The van der Waals surface area contributed by atoms with E-state index in [4.69, 9.17) is 0 Å². The van der Waals surface area contributed by atoms with E-state index in [1.165, 1.54) is 6.20 Å². The molecule has 0 aromatic carbocycles. The van der Waals surface area contributed by atoms with Crippen molar-refractivity contribution in [2.45, 2.75) is 26.1 Å². The lowest BCUT2D eigenvalue weighted by atomic mass is 10.1. The second-order valence-electron chi connectivity index (χ2n) is 2.84. The SMILES string of the molecule is CC(C)c1cnn(C(F)(F)F)c1. The normalized spacial score (nSPS) is 12.5. The Morgan fingerprint density at radius 1 is 1.42 bits per heavy atom. The minimum Gasteiger partial charge on any atom is -0.179 e. The molecule has 1 heterocycles. The summed E-state index contributed by atoms with van der Waals surface area (Å²) in [5.74, 6) is 0.0705. The third-order valence-electron chi connectivity index (χ3n) is 1.53. The predicted octanol–water partition coefficient (Wildman–Crippen LogP) is 2.48. The molecular formula is C7H9F3N2. The van der Waals surface area contributed by atoms with Crippen molar-refractivity contribution < 1.29 is 13.2 Å². The average molecular weight is 178 g/mol. The molecule has 1 aromatic rings. The number of hydrogen-bond donors (Lipinski definition) is 0. The van der Waals surface area contributed by atoms with Crippen molar-refractivity contribution in [2.24, 2.45) is 0 Å². The summed E-state index contributed by atoms with van der Waals surface area (Å²) >= 11 is 0. The molecule has 2 nitrogen and oxygen atoms in total. The first-order valence-electron chi connectivity index (χ1n) is 3.53. The van der Waals surface area contributed by atoms with Gasteiger partial charge in [0.15, 0.2) is 0 Å². The van der Waals surface area contributed by atoms with Crippen molar-refractivity contribution in [1.29, 1.82) is 0 Å². The van der Waals surface area contributed by atoms with Crippen LogP contribution in [0.25, 0.3) is 0 Å². The van der Waals surface area contributed by atoms with Crippen molar-refractivity contribution in [3.8, 4) is 0 Å². The molecule has 0 spiro atoms. The van der Waals surface area contributed by atoms with Crippen molar-refractivity contribution in [3.63, 3.8) is 0 Å². The summed E-state index contributed by atoms with van der Waals surface area (Å²) in [7, 11) is 0. The highest BCUT2D eigenvalue weighted by atomic mass is 19.4. The Bertz CT molecular complexity index is 262. The molecule has 0 radical (unpaired) electrons. The van der Waals surface area contributed by atoms with Crippen LogP contribution in [0.4, 0.5) is 13.2 Å². The van der Waals surface area contributed by atoms with Gasteiger partial charge in [-0.3, -0.25) is 0 Å². The zero-order valence-corrected chi connectivity index (χ0v) is 6.76. The van der Waals surface area contributed by atoms with Crippen molar-refractivity contribution in [3.05, 3.63) is 18.0 Å². The molecule has 12 heavy (non-hydrogen) atoms. The lowest BCUT2D eigenvalue weighted by Crippen LogP contribution is -2.16. The molecule has 0 aliphatic rings. The Morgan fingerprint density at radius 3 is 2.25 bits per heavy atom. The number of aromatic nitrogens is 2. The Labute approximate surface area is 68.0 Å². The van der Waals surface area contributed by atoms with Crippen LogP contribution in [-0.2, 0) is 6.30 Å².